The number of aromatic nitrogens is 4. The molecule has 266 valence electrons. The maximum atomic E-state index is 5.09. The molecule has 0 spiro atoms. The van der Waals surface area contributed by atoms with Crippen LogP contribution in [-0.2, 0) is 0 Å². The van der Waals surface area contributed by atoms with Crippen molar-refractivity contribution in [3.8, 4) is 39.6 Å². The third kappa shape index (κ3) is 6.25. The van der Waals surface area contributed by atoms with Gasteiger partial charge >= 0.3 is 0 Å². The second kappa shape index (κ2) is 14.5. The van der Waals surface area contributed by atoms with Crippen LogP contribution in [0, 0.1) is 0 Å². The maximum absolute atomic E-state index is 5.09. The van der Waals surface area contributed by atoms with Gasteiger partial charge in [-0.1, -0.05) is 133 Å². The molecule has 5 heteroatoms. The van der Waals surface area contributed by atoms with Gasteiger partial charge in [-0.2, -0.15) is 0 Å². The predicted octanol–water partition coefficient (Wildman–Crippen LogP) is 13.2. The van der Waals surface area contributed by atoms with Crippen molar-refractivity contribution in [2.24, 2.45) is 0 Å². The van der Waals surface area contributed by atoms with E-state index in [0.29, 0.717) is 11.6 Å². The third-order valence-electron chi connectivity index (χ3n) is 10.5. The number of allylic oxidation sites excluding steroid dienone is 4. The fourth-order valence-corrected chi connectivity index (χ4v) is 7.75. The average molecular weight is 720 g/mol. The lowest BCUT2D eigenvalue weighted by molar-refractivity contribution is 0.978. The lowest BCUT2D eigenvalue weighted by atomic mass is 10.0. The minimum atomic E-state index is 0.664. The smallest absolute Gasteiger partial charge is 0.164 e. The molecule has 1 aliphatic rings. The number of hydrogen-bond acceptors (Lipinski definition) is 4. The van der Waals surface area contributed by atoms with Crippen LogP contribution in [0.15, 0.2) is 200 Å². The topological polar surface area (TPSA) is 46.8 Å². The van der Waals surface area contributed by atoms with Crippen molar-refractivity contribution in [2.75, 3.05) is 4.90 Å². The van der Waals surface area contributed by atoms with Crippen LogP contribution < -0.4 is 4.90 Å². The van der Waals surface area contributed by atoms with Crippen LogP contribution >= 0.6 is 0 Å². The van der Waals surface area contributed by atoms with E-state index in [4.69, 9.17) is 15.0 Å². The van der Waals surface area contributed by atoms with Gasteiger partial charge in [0, 0.05) is 44.6 Å². The SMILES string of the molecule is C1=CCCC(c2nc(-c3ccccc3)nc(-c3ccc4c5cc(-c6ccc(N(c7ccccc7)c7ccccc7)cc6)ccc5n(-c5ccccc5)c4c3)n2)=C1. The Morgan fingerprint density at radius 1 is 0.429 bits per heavy atom. The minimum Gasteiger partial charge on any atom is -0.311 e. The molecule has 0 radical (unpaired) electrons. The van der Waals surface area contributed by atoms with Crippen LogP contribution in [0.2, 0.25) is 0 Å². The molecule has 0 N–H and O–H groups in total. The molecule has 5 nitrogen and oxygen atoms in total. The Balaban J connectivity index is 1.09. The molecule has 0 amide bonds. The Kier molecular flexibility index (Phi) is 8.58. The van der Waals surface area contributed by atoms with Crippen molar-refractivity contribution in [2.45, 2.75) is 12.8 Å². The van der Waals surface area contributed by atoms with Gasteiger partial charge < -0.3 is 9.47 Å². The zero-order valence-corrected chi connectivity index (χ0v) is 30.7. The van der Waals surface area contributed by atoms with E-state index >= 15 is 0 Å². The van der Waals surface area contributed by atoms with Crippen molar-refractivity contribution < 1.29 is 0 Å². The first-order chi connectivity index (χ1) is 27.8. The Morgan fingerprint density at radius 3 is 1.66 bits per heavy atom. The first-order valence-electron chi connectivity index (χ1n) is 19.1. The zero-order chi connectivity index (χ0) is 37.3. The molecule has 0 unspecified atom stereocenters. The van der Waals surface area contributed by atoms with Crippen molar-refractivity contribution >= 4 is 44.4 Å². The van der Waals surface area contributed by atoms with Gasteiger partial charge in [-0.05, 0) is 96.3 Å². The molecular weight excluding hydrogens is 683 g/mol. The number of benzene rings is 7. The van der Waals surface area contributed by atoms with E-state index in [1.165, 1.54) is 10.8 Å². The summed E-state index contributed by atoms with van der Waals surface area (Å²) in [6, 6.07) is 64.1. The summed E-state index contributed by atoms with van der Waals surface area (Å²) in [5, 5.41) is 2.36. The molecule has 56 heavy (non-hydrogen) atoms. The lowest BCUT2D eigenvalue weighted by Crippen LogP contribution is -2.09. The van der Waals surface area contributed by atoms with E-state index in [0.717, 1.165) is 80.3 Å². The van der Waals surface area contributed by atoms with Crippen molar-refractivity contribution in [1.29, 1.82) is 0 Å². The van der Waals surface area contributed by atoms with E-state index in [2.05, 4.69) is 191 Å². The molecule has 7 aromatic carbocycles. The van der Waals surface area contributed by atoms with Gasteiger partial charge in [0.2, 0.25) is 0 Å². The number of anilines is 3. The molecule has 0 aliphatic heterocycles. The van der Waals surface area contributed by atoms with Crippen LogP contribution in [-0.4, -0.2) is 19.5 Å². The number of para-hydroxylation sites is 3. The second-order valence-electron chi connectivity index (χ2n) is 14.0. The van der Waals surface area contributed by atoms with Gasteiger partial charge in [-0.3, -0.25) is 0 Å². The first kappa shape index (κ1) is 33.2. The summed E-state index contributed by atoms with van der Waals surface area (Å²) in [6.45, 7) is 0. The highest BCUT2D eigenvalue weighted by atomic mass is 15.1. The molecule has 0 saturated heterocycles. The average Bonchev–Trinajstić information content (AvgIpc) is 3.61. The quantitative estimate of drug-likeness (QED) is 0.157. The maximum Gasteiger partial charge on any atom is 0.164 e. The molecule has 0 saturated carbocycles. The molecule has 10 rings (SSSR count). The summed E-state index contributed by atoms with van der Waals surface area (Å²) in [7, 11) is 0. The fourth-order valence-electron chi connectivity index (χ4n) is 7.75. The summed E-state index contributed by atoms with van der Waals surface area (Å²) in [5.41, 5.74) is 12.0. The zero-order valence-electron chi connectivity index (χ0n) is 30.7. The largest absolute Gasteiger partial charge is 0.311 e. The molecule has 0 atom stereocenters. The Morgan fingerprint density at radius 2 is 1.00 bits per heavy atom. The van der Waals surface area contributed by atoms with Crippen LogP contribution in [0.1, 0.15) is 18.7 Å². The van der Waals surface area contributed by atoms with Crippen molar-refractivity contribution in [3.63, 3.8) is 0 Å². The second-order valence-corrected chi connectivity index (χ2v) is 14.0. The highest BCUT2D eigenvalue weighted by Gasteiger charge is 2.19. The summed E-state index contributed by atoms with van der Waals surface area (Å²) in [4.78, 5) is 17.4. The van der Waals surface area contributed by atoms with Crippen molar-refractivity contribution in [1.82, 2.24) is 19.5 Å². The van der Waals surface area contributed by atoms with Gasteiger partial charge in [0.1, 0.15) is 0 Å². The monoisotopic (exact) mass is 719 g/mol. The molecule has 1 aliphatic carbocycles. The summed E-state index contributed by atoms with van der Waals surface area (Å²) in [6.07, 6.45) is 8.29. The Labute approximate surface area is 326 Å². The summed E-state index contributed by atoms with van der Waals surface area (Å²) < 4.78 is 2.35. The van der Waals surface area contributed by atoms with Crippen LogP contribution in [0.25, 0.3) is 67.0 Å². The van der Waals surface area contributed by atoms with Gasteiger partial charge in [0.25, 0.3) is 0 Å². The van der Waals surface area contributed by atoms with Gasteiger partial charge in [-0.15, -0.1) is 0 Å². The molecular formula is C51H37N5. The Hall–Kier alpha value is -7.37. The van der Waals surface area contributed by atoms with E-state index in [1.807, 2.05) is 18.2 Å². The minimum absolute atomic E-state index is 0.664. The lowest BCUT2D eigenvalue weighted by Gasteiger charge is -2.25. The Bertz CT molecular complexity index is 2840. The highest BCUT2D eigenvalue weighted by molar-refractivity contribution is 6.11. The number of hydrogen-bond donors (Lipinski definition) is 0. The highest BCUT2D eigenvalue weighted by Crippen LogP contribution is 2.39. The van der Waals surface area contributed by atoms with E-state index in [1.54, 1.807) is 0 Å². The van der Waals surface area contributed by atoms with Gasteiger partial charge in [0.15, 0.2) is 17.5 Å². The standard InChI is InChI=1S/C51H37N5/c1-6-16-37(17-7-1)49-52-50(38-18-8-2-9-19-38)54-51(53-49)40-28-32-45-46-34-39(29-33-47(46)56(48(45)35-40)43-24-14-5-15-25-43)36-26-30-44(31-27-36)55(41-20-10-3-11-21-41)42-22-12-4-13-23-42/h1-8,10-18,20-35H,9,19H2. The van der Waals surface area contributed by atoms with Crippen LogP contribution in [0.3, 0.4) is 0 Å². The number of nitrogens with zero attached hydrogens (tertiary/aromatic N) is 5. The first-order valence-corrected chi connectivity index (χ1v) is 19.1. The fraction of sp³-hybridized carbons (Fsp3) is 0.0392. The number of rotatable bonds is 8. The van der Waals surface area contributed by atoms with Crippen molar-refractivity contribution in [3.05, 3.63) is 206 Å². The molecule has 2 heterocycles. The molecule has 0 bridgehead atoms. The third-order valence-corrected chi connectivity index (χ3v) is 10.5. The van der Waals surface area contributed by atoms with Gasteiger partial charge in [-0.25, -0.2) is 15.0 Å². The van der Waals surface area contributed by atoms with E-state index in [9.17, 15) is 0 Å². The van der Waals surface area contributed by atoms with Crippen LogP contribution in [0.5, 0.6) is 0 Å². The molecule has 0 fully saturated rings. The van der Waals surface area contributed by atoms with Gasteiger partial charge in [0.05, 0.1) is 11.0 Å². The number of fused-ring (bicyclic) bond motifs is 3. The summed E-state index contributed by atoms with van der Waals surface area (Å²) >= 11 is 0. The van der Waals surface area contributed by atoms with Crippen LogP contribution in [0.4, 0.5) is 17.1 Å². The normalized spacial score (nSPS) is 12.5. The molecule has 2 aromatic heterocycles. The molecule has 9 aromatic rings. The van der Waals surface area contributed by atoms with E-state index < -0.39 is 0 Å². The van der Waals surface area contributed by atoms with E-state index in [-0.39, 0.29) is 0 Å². The summed E-state index contributed by atoms with van der Waals surface area (Å²) in [5.74, 6) is 2.07. The predicted molar refractivity (Wildman–Crippen MR) is 232 cm³/mol.